The quantitative estimate of drug-likeness (QED) is 0.774. The molecule has 0 aromatic heterocycles. The van der Waals surface area contributed by atoms with E-state index < -0.39 is 0 Å². The number of nitrogens with one attached hydrogen (secondary N) is 1. The molecule has 1 aliphatic rings. The summed E-state index contributed by atoms with van der Waals surface area (Å²) in [5, 5.41) is 3.63. The van der Waals surface area contributed by atoms with Gasteiger partial charge >= 0.3 is 0 Å². The van der Waals surface area contributed by atoms with Gasteiger partial charge in [-0.15, -0.1) is 17.0 Å². The van der Waals surface area contributed by atoms with Crippen LogP contribution < -0.4 is 5.32 Å². The van der Waals surface area contributed by atoms with Crippen molar-refractivity contribution in [2.75, 3.05) is 0 Å². The van der Waals surface area contributed by atoms with Crippen molar-refractivity contribution >= 4 is 17.0 Å². The van der Waals surface area contributed by atoms with Gasteiger partial charge in [-0.25, -0.2) is 0 Å². The third kappa shape index (κ3) is 4.12. The Bertz CT molecular complexity index is 89.6. The van der Waals surface area contributed by atoms with Crippen LogP contribution in [-0.4, -0.2) is 12.1 Å². The van der Waals surface area contributed by atoms with Gasteiger partial charge in [0, 0.05) is 12.1 Å². The minimum Gasteiger partial charge on any atom is -0.312 e. The van der Waals surface area contributed by atoms with Gasteiger partial charge in [-0.3, -0.25) is 0 Å². The van der Waals surface area contributed by atoms with Crippen molar-refractivity contribution in [1.82, 2.24) is 5.32 Å². The number of halogens is 1. The monoisotopic (exact) mass is 221 g/mol. The maximum Gasteiger partial charge on any atom is 0.00695 e. The molecular formula is C9H20BrN. The lowest BCUT2D eigenvalue weighted by molar-refractivity contribution is 0.442. The van der Waals surface area contributed by atoms with Gasteiger partial charge in [0.1, 0.15) is 0 Å². The van der Waals surface area contributed by atoms with Gasteiger partial charge < -0.3 is 5.32 Å². The summed E-state index contributed by atoms with van der Waals surface area (Å²) in [7, 11) is 0. The van der Waals surface area contributed by atoms with E-state index in [-0.39, 0.29) is 17.0 Å². The standard InChI is InChI=1S/C9H19N.BrH/c1-3-8(2)10-9-6-4-5-7-9;/h8-10H,3-7H2,1-2H3;1H. The van der Waals surface area contributed by atoms with Crippen LogP contribution >= 0.6 is 17.0 Å². The molecular weight excluding hydrogens is 202 g/mol. The highest BCUT2D eigenvalue weighted by Crippen LogP contribution is 2.18. The molecule has 1 saturated carbocycles. The molecule has 68 valence electrons. The van der Waals surface area contributed by atoms with Gasteiger partial charge in [0.05, 0.1) is 0 Å². The fraction of sp³-hybridized carbons (Fsp3) is 1.00. The molecule has 0 spiro atoms. The van der Waals surface area contributed by atoms with Gasteiger partial charge in [-0.05, 0) is 26.2 Å². The average Bonchev–Trinajstić information content (AvgIpc) is 2.40. The van der Waals surface area contributed by atoms with Crippen molar-refractivity contribution < 1.29 is 0 Å². The largest absolute Gasteiger partial charge is 0.312 e. The number of hydrogen-bond acceptors (Lipinski definition) is 1. The second kappa shape index (κ2) is 6.01. The van der Waals surface area contributed by atoms with Gasteiger partial charge in [0.15, 0.2) is 0 Å². The van der Waals surface area contributed by atoms with Crippen LogP contribution in [0.5, 0.6) is 0 Å². The molecule has 0 aromatic carbocycles. The Morgan fingerprint density at radius 3 is 2.36 bits per heavy atom. The van der Waals surface area contributed by atoms with Crippen LogP contribution in [0, 0.1) is 0 Å². The molecule has 1 atom stereocenters. The van der Waals surface area contributed by atoms with Crippen LogP contribution in [0.2, 0.25) is 0 Å². The summed E-state index contributed by atoms with van der Waals surface area (Å²) < 4.78 is 0. The van der Waals surface area contributed by atoms with Crippen molar-refractivity contribution in [3.8, 4) is 0 Å². The molecule has 1 N–H and O–H groups in total. The lowest BCUT2D eigenvalue weighted by Gasteiger charge is -2.16. The smallest absolute Gasteiger partial charge is 0.00695 e. The molecule has 1 aliphatic carbocycles. The Labute approximate surface area is 80.7 Å². The van der Waals surface area contributed by atoms with Crippen molar-refractivity contribution in [3.63, 3.8) is 0 Å². The fourth-order valence-corrected chi connectivity index (χ4v) is 1.61. The average molecular weight is 222 g/mol. The molecule has 1 nitrogen and oxygen atoms in total. The first kappa shape index (κ1) is 11.4. The van der Waals surface area contributed by atoms with Crippen LogP contribution in [0.3, 0.4) is 0 Å². The summed E-state index contributed by atoms with van der Waals surface area (Å²) in [5.41, 5.74) is 0. The zero-order valence-corrected chi connectivity index (χ0v) is 9.31. The molecule has 11 heavy (non-hydrogen) atoms. The summed E-state index contributed by atoms with van der Waals surface area (Å²) in [6, 6.07) is 1.57. The van der Waals surface area contributed by atoms with E-state index in [1.165, 1.54) is 32.1 Å². The Balaban J connectivity index is 0.000001000. The normalized spacial score (nSPS) is 21.3. The van der Waals surface area contributed by atoms with Gasteiger partial charge in [-0.1, -0.05) is 19.8 Å². The predicted molar refractivity (Wildman–Crippen MR) is 55.5 cm³/mol. The van der Waals surface area contributed by atoms with E-state index in [1.54, 1.807) is 0 Å². The predicted octanol–water partition coefficient (Wildman–Crippen LogP) is 2.90. The first-order valence-electron chi connectivity index (χ1n) is 4.59. The summed E-state index contributed by atoms with van der Waals surface area (Å²) in [6.07, 6.45) is 6.95. The van der Waals surface area contributed by atoms with Crippen LogP contribution in [0.25, 0.3) is 0 Å². The van der Waals surface area contributed by atoms with Crippen molar-refractivity contribution in [2.24, 2.45) is 0 Å². The van der Waals surface area contributed by atoms with Crippen LogP contribution in [0.4, 0.5) is 0 Å². The SMILES string of the molecule is Br.CCC(C)NC1CCCC1. The summed E-state index contributed by atoms with van der Waals surface area (Å²) in [5.74, 6) is 0. The second-order valence-electron chi connectivity index (χ2n) is 3.46. The summed E-state index contributed by atoms with van der Waals surface area (Å²) >= 11 is 0. The Morgan fingerprint density at radius 1 is 1.36 bits per heavy atom. The first-order chi connectivity index (χ1) is 4.83. The summed E-state index contributed by atoms with van der Waals surface area (Å²) in [6.45, 7) is 4.52. The molecule has 0 aromatic rings. The third-order valence-corrected chi connectivity index (χ3v) is 2.49. The summed E-state index contributed by atoms with van der Waals surface area (Å²) in [4.78, 5) is 0. The highest BCUT2D eigenvalue weighted by atomic mass is 79.9. The number of rotatable bonds is 3. The van der Waals surface area contributed by atoms with E-state index in [9.17, 15) is 0 Å². The second-order valence-corrected chi connectivity index (χ2v) is 3.46. The molecule has 1 rings (SSSR count). The highest BCUT2D eigenvalue weighted by molar-refractivity contribution is 8.93. The van der Waals surface area contributed by atoms with E-state index in [4.69, 9.17) is 0 Å². The molecule has 1 unspecified atom stereocenters. The van der Waals surface area contributed by atoms with Crippen molar-refractivity contribution in [1.29, 1.82) is 0 Å². The van der Waals surface area contributed by atoms with Crippen LogP contribution in [-0.2, 0) is 0 Å². The minimum absolute atomic E-state index is 0. The Kier molecular flexibility index (Phi) is 6.25. The first-order valence-corrected chi connectivity index (χ1v) is 4.59. The molecule has 0 heterocycles. The Morgan fingerprint density at radius 2 is 1.91 bits per heavy atom. The van der Waals surface area contributed by atoms with E-state index in [0.29, 0.717) is 0 Å². The van der Waals surface area contributed by atoms with E-state index in [2.05, 4.69) is 19.2 Å². The molecule has 0 saturated heterocycles. The zero-order valence-electron chi connectivity index (χ0n) is 7.60. The van der Waals surface area contributed by atoms with Crippen molar-refractivity contribution in [3.05, 3.63) is 0 Å². The van der Waals surface area contributed by atoms with E-state index in [1.807, 2.05) is 0 Å². The van der Waals surface area contributed by atoms with Crippen LogP contribution in [0.1, 0.15) is 46.0 Å². The zero-order chi connectivity index (χ0) is 7.40. The molecule has 2 heteroatoms. The van der Waals surface area contributed by atoms with E-state index >= 15 is 0 Å². The maximum atomic E-state index is 3.63. The molecule has 1 fully saturated rings. The lowest BCUT2D eigenvalue weighted by atomic mass is 10.2. The topological polar surface area (TPSA) is 12.0 Å². The highest BCUT2D eigenvalue weighted by Gasteiger charge is 2.15. The minimum atomic E-state index is 0. The third-order valence-electron chi connectivity index (χ3n) is 2.49. The number of hydrogen-bond donors (Lipinski definition) is 1. The van der Waals surface area contributed by atoms with Gasteiger partial charge in [0.2, 0.25) is 0 Å². The van der Waals surface area contributed by atoms with E-state index in [0.717, 1.165) is 12.1 Å². The molecule has 0 bridgehead atoms. The van der Waals surface area contributed by atoms with Gasteiger partial charge in [-0.2, -0.15) is 0 Å². The maximum absolute atomic E-state index is 3.63. The Hall–Kier alpha value is 0.440. The van der Waals surface area contributed by atoms with Gasteiger partial charge in [0.25, 0.3) is 0 Å². The van der Waals surface area contributed by atoms with Crippen LogP contribution in [0.15, 0.2) is 0 Å². The molecule has 0 radical (unpaired) electrons. The molecule has 0 amide bonds. The fourth-order valence-electron chi connectivity index (χ4n) is 1.61. The lowest BCUT2D eigenvalue weighted by Crippen LogP contribution is -2.33. The molecule has 0 aliphatic heterocycles. The van der Waals surface area contributed by atoms with Crippen molar-refractivity contribution in [2.45, 2.75) is 58.0 Å².